The molecule has 0 rings (SSSR count). The third-order valence-corrected chi connectivity index (χ3v) is 11.4. The van der Waals surface area contributed by atoms with E-state index in [1.165, 1.54) is 122 Å². The molecule has 1 atom stereocenters. The number of rotatable bonds is 48. The minimum atomic E-state index is -0.813. The number of hydrogen-bond acceptors (Lipinski definition) is 6. The lowest BCUT2D eigenvalue weighted by Crippen LogP contribution is -2.30. The fourth-order valence-electron chi connectivity index (χ4n) is 7.30. The fourth-order valence-corrected chi connectivity index (χ4v) is 7.30. The zero-order chi connectivity index (χ0) is 48.6. The molecule has 0 aromatic heterocycles. The minimum absolute atomic E-state index is 0.107. The van der Waals surface area contributed by atoms with Gasteiger partial charge < -0.3 is 14.2 Å². The van der Waals surface area contributed by atoms with Crippen LogP contribution in [0.1, 0.15) is 239 Å². The van der Waals surface area contributed by atoms with Crippen molar-refractivity contribution in [1.29, 1.82) is 0 Å². The second-order valence-electron chi connectivity index (χ2n) is 17.8. The van der Waals surface area contributed by atoms with Crippen LogP contribution >= 0.6 is 0 Å². The molecule has 0 fully saturated rings. The van der Waals surface area contributed by atoms with E-state index < -0.39 is 6.10 Å². The molecule has 0 spiro atoms. The van der Waals surface area contributed by atoms with E-state index in [1.807, 2.05) is 54.7 Å². The zero-order valence-electron chi connectivity index (χ0n) is 43.4. The third kappa shape index (κ3) is 52.9. The van der Waals surface area contributed by atoms with Crippen molar-refractivity contribution in [2.45, 2.75) is 245 Å². The van der Waals surface area contributed by atoms with Gasteiger partial charge in [-0.25, -0.2) is 0 Å². The van der Waals surface area contributed by atoms with Crippen molar-refractivity contribution < 1.29 is 28.6 Å². The van der Waals surface area contributed by atoms with Crippen LogP contribution in [0.2, 0.25) is 0 Å². The monoisotopic (exact) mass is 929 g/mol. The largest absolute Gasteiger partial charge is 0.462 e. The van der Waals surface area contributed by atoms with Crippen LogP contribution in [0.4, 0.5) is 0 Å². The van der Waals surface area contributed by atoms with E-state index in [0.29, 0.717) is 19.3 Å². The summed E-state index contributed by atoms with van der Waals surface area (Å²) in [4.78, 5) is 38.1. The van der Waals surface area contributed by atoms with Crippen molar-refractivity contribution >= 4 is 17.9 Å². The third-order valence-electron chi connectivity index (χ3n) is 11.4. The number of carbonyl (C=O) groups excluding carboxylic acids is 3. The van der Waals surface area contributed by atoms with Gasteiger partial charge in [0.1, 0.15) is 13.2 Å². The van der Waals surface area contributed by atoms with E-state index in [1.54, 1.807) is 0 Å². The molecule has 0 saturated carbocycles. The Kier molecular flexibility index (Phi) is 51.5. The Morgan fingerprint density at radius 3 is 1.15 bits per heavy atom. The summed E-state index contributed by atoms with van der Waals surface area (Å²) in [6.07, 6.45) is 73.7. The number of hydrogen-bond donors (Lipinski definition) is 0. The second-order valence-corrected chi connectivity index (χ2v) is 17.8. The van der Waals surface area contributed by atoms with Crippen LogP contribution in [-0.4, -0.2) is 37.2 Å². The zero-order valence-corrected chi connectivity index (χ0v) is 43.4. The molecule has 0 aliphatic carbocycles. The molecule has 67 heavy (non-hydrogen) atoms. The van der Waals surface area contributed by atoms with Gasteiger partial charge >= 0.3 is 17.9 Å². The van der Waals surface area contributed by atoms with E-state index in [-0.39, 0.29) is 37.5 Å². The van der Waals surface area contributed by atoms with Crippen LogP contribution < -0.4 is 0 Å². The molecule has 0 aliphatic heterocycles. The van der Waals surface area contributed by atoms with Gasteiger partial charge in [-0.2, -0.15) is 0 Å². The lowest BCUT2D eigenvalue weighted by atomic mass is 10.1. The first-order valence-corrected chi connectivity index (χ1v) is 27.5. The van der Waals surface area contributed by atoms with Crippen LogP contribution in [-0.2, 0) is 28.6 Å². The molecule has 6 heteroatoms. The summed E-state index contributed by atoms with van der Waals surface area (Å²) in [7, 11) is 0. The first-order chi connectivity index (χ1) is 33.0. The van der Waals surface area contributed by atoms with Crippen LogP contribution in [0.3, 0.4) is 0 Å². The molecule has 6 nitrogen and oxygen atoms in total. The molecule has 0 radical (unpaired) electrons. The lowest BCUT2D eigenvalue weighted by molar-refractivity contribution is -0.167. The average Bonchev–Trinajstić information content (AvgIpc) is 3.33. The topological polar surface area (TPSA) is 78.9 Å². The SMILES string of the molecule is CC/C=C/C=C/C=C/C=C/C=C/CCCC(=O)OCC(COC(=O)CCCCCCCCCCC/C=C/C/C=C/C/C=C/CC)OC(=O)CCCCCCCCC/C=C/CCCCCCCC. The summed E-state index contributed by atoms with van der Waals surface area (Å²) in [5.41, 5.74) is 0. The number of ether oxygens (including phenoxy) is 3. The van der Waals surface area contributed by atoms with E-state index >= 15 is 0 Å². The van der Waals surface area contributed by atoms with Gasteiger partial charge in [-0.1, -0.05) is 239 Å². The van der Waals surface area contributed by atoms with Crippen LogP contribution in [0.25, 0.3) is 0 Å². The molecule has 0 saturated heterocycles. The van der Waals surface area contributed by atoms with Gasteiger partial charge in [0.05, 0.1) is 0 Å². The molecule has 0 N–H and O–H groups in total. The molecule has 0 aliphatic rings. The molecule has 380 valence electrons. The number of allylic oxidation sites excluding steroid dienone is 18. The Balaban J connectivity index is 4.46. The standard InChI is InChI=1S/C61H100O6/c1-4-7-10-13-16-19-22-25-27-29-30-32-33-36-39-42-45-48-51-54-60(63)66-57-58(56-65-59(62)53-50-47-44-41-38-35-24-21-18-15-12-9-6-3)67-61(64)55-52-49-46-43-40-37-34-31-28-26-23-20-17-14-11-8-5-2/h7,9-10,12,15-16,18-19,21,24-28,35,38,41,44,58H,4-6,8,11,13-14,17,20,22-23,29-34,36-37,39-40,42-43,45-57H2,1-3H3/b10-7+,12-9+,18-15+,19-16+,24-21+,27-25+,28-26+,38-35+,44-41+. The first-order valence-electron chi connectivity index (χ1n) is 27.5. The Hall–Kier alpha value is -3.93. The predicted molar refractivity (Wildman–Crippen MR) is 288 cm³/mol. The van der Waals surface area contributed by atoms with E-state index in [0.717, 1.165) is 70.6 Å². The molecule has 1 unspecified atom stereocenters. The molecule has 0 amide bonds. The predicted octanol–water partition coefficient (Wildman–Crippen LogP) is 18.3. The summed E-state index contributed by atoms with van der Waals surface area (Å²) in [6, 6.07) is 0. The maximum Gasteiger partial charge on any atom is 0.306 e. The lowest BCUT2D eigenvalue weighted by Gasteiger charge is -2.18. The smallest absolute Gasteiger partial charge is 0.306 e. The highest BCUT2D eigenvalue weighted by Gasteiger charge is 2.19. The van der Waals surface area contributed by atoms with Gasteiger partial charge in [-0.3, -0.25) is 14.4 Å². The van der Waals surface area contributed by atoms with Gasteiger partial charge in [0.15, 0.2) is 6.10 Å². The highest BCUT2D eigenvalue weighted by atomic mass is 16.6. The van der Waals surface area contributed by atoms with Gasteiger partial charge in [-0.15, -0.1) is 0 Å². The number of unbranched alkanes of at least 4 members (excludes halogenated alkanes) is 23. The van der Waals surface area contributed by atoms with Crippen molar-refractivity contribution in [1.82, 2.24) is 0 Å². The molecule has 0 aromatic rings. The fraction of sp³-hybridized carbons (Fsp3) is 0.656. The Bertz CT molecular complexity index is 1390. The summed E-state index contributed by atoms with van der Waals surface area (Å²) < 4.78 is 16.8. The summed E-state index contributed by atoms with van der Waals surface area (Å²) in [6.45, 7) is 6.31. The number of esters is 3. The molecular formula is C61H100O6. The molecule has 0 bridgehead atoms. The Morgan fingerprint density at radius 2 is 0.672 bits per heavy atom. The van der Waals surface area contributed by atoms with Crippen LogP contribution in [0, 0.1) is 0 Å². The molecule has 0 aromatic carbocycles. The Morgan fingerprint density at radius 1 is 0.328 bits per heavy atom. The summed E-state index contributed by atoms with van der Waals surface area (Å²) in [5, 5.41) is 0. The van der Waals surface area contributed by atoms with Crippen LogP contribution in [0.15, 0.2) is 109 Å². The van der Waals surface area contributed by atoms with Crippen LogP contribution in [0.5, 0.6) is 0 Å². The maximum absolute atomic E-state index is 12.8. The van der Waals surface area contributed by atoms with E-state index in [9.17, 15) is 14.4 Å². The van der Waals surface area contributed by atoms with Crippen molar-refractivity contribution in [2.24, 2.45) is 0 Å². The van der Waals surface area contributed by atoms with Gasteiger partial charge in [-0.05, 0) is 89.9 Å². The average molecular weight is 929 g/mol. The van der Waals surface area contributed by atoms with E-state index in [4.69, 9.17) is 14.2 Å². The maximum atomic E-state index is 12.8. The van der Waals surface area contributed by atoms with Gasteiger partial charge in [0.25, 0.3) is 0 Å². The highest BCUT2D eigenvalue weighted by Crippen LogP contribution is 2.15. The van der Waals surface area contributed by atoms with Gasteiger partial charge in [0.2, 0.25) is 0 Å². The summed E-state index contributed by atoms with van der Waals surface area (Å²) >= 11 is 0. The number of carbonyl (C=O) groups is 3. The van der Waals surface area contributed by atoms with Crippen molar-refractivity contribution in [2.75, 3.05) is 13.2 Å². The normalized spacial score (nSPS) is 12.9. The molecule has 0 heterocycles. The minimum Gasteiger partial charge on any atom is -0.462 e. The highest BCUT2D eigenvalue weighted by molar-refractivity contribution is 5.71. The first kappa shape index (κ1) is 63.1. The van der Waals surface area contributed by atoms with Gasteiger partial charge in [0, 0.05) is 19.3 Å². The van der Waals surface area contributed by atoms with Crippen molar-refractivity contribution in [3.63, 3.8) is 0 Å². The Labute approximate surface area is 412 Å². The molecular weight excluding hydrogens is 829 g/mol. The van der Waals surface area contributed by atoms with Crippen molar-refractivity contribution in [3.8, 4) is 0 Å². The summed E-state index contributed by atoms with van der Waals surface area (Å²) in [5.74, 6) is -0.994. The van der Waals surface area contributed by atoms with Crippen molar-refractivity contribution in [3.05, 3.63) is 109 Å². The quantitative estimate of drug-likeness (QED) is 0.0199. The van der Waals surface area contributed by atoms with E-state index in [2.05, 4.69) is 75.5 Å². The second kappa shape index (κ2) is 54.7.